The maximum absolute atomic E-state index is 12.9. The van der Waals surface area contributed by atoms with Crippen LogP contribution >= 0.6 is 11.6 Å². The number of Topliss-reactive ketones (excluding diaryl/α,β-unsaturated/α-hetero) is 2. The first-order valence-corrected chi connectivity index (χ1v) is 8.81. The van der Waals surface area contributed by atoms with Crippen molar-refractivity contribution in [3.05, 3.63) is 70.4 Å². The van der Waals surface area contributed by atoms with E-state index in [4.69, 9.17) is 11.6 Å². The van der Waals surface area contributed by atoms with Gasteiger partial charge in [0.2, 0.25) is 11.6 Å². The van der Waals surface area contributed by atoms with Gasteiger partial charge >= 0.3 is 0 Å². The standard InChI is InChI=1S/C20H17ClN2O3/c21-17-18(20(26)16-4-2-1-3-15(16)19(17)25)23-11-9-22(10-12-23)13-5-7-14(24)8-6-13/h1-8,24H,9-12H2. The summed E-state index contributed by atoms with van der Waals surface area (Å²) in [6.07, 6.45) is 0. The van der Waals surface area contributed by atoms with Crippen LogP contribution in [0.3, 0.4) is 0 Å². The van der Waals surface area contributed by atoms with Crippen LogP contribution in [0, 0.1) is 0 Å². The fraction of sp³-hybridized carbons (Fsp3) is 0.200. The lowest BCUT2D eigenvalue weighted by Gasteiger charge is -2.39. The average Bonchev–Trinajstić information content (AvgIpc) is 2.68. The van der Waals surface area contributed by atoms with Crippen molar-refractivity contribution in [3.8, 4) is 5.75 Å². The van der Waals surface area contributed by atoms with E-state index in [1.807, 2.05) is 17.0 Å². The number of phenols is 1. The van der Waals surface area contributed by atoms with Crippen LogP contribution in [0.4, 0.5) is 5.69 Å². The third kappa shape index (κ3) is 2.74. The zero-order valence-electron chi connectivity index (χ0n) is 14.0. The number of hydrogen-bond donors (Lipinski definition) is 1. The van der Waals surface area contributed by atoms with Gasteiger partial charge in [0.15, 0.2) is 0 Å². The van der Waals surface area contributed by atoms with Crippen molar-refractivity contribution >= 4 is 28.9 Å². The Balaban J connectivity index is 1.56. The Morgan fingerprint density at radius 2 is 1.31 bits per heavy atom. The molecule has 2 aromatic carbocycles. The molecule has 1 fully saturated rings. The van der Waals surface area contributed by atoms with E-state index in [-0.39, 0.29) is 22.3 Å². The number of carbonyl (C=O) groups excluding carboxylic acids is 2. The van der Waals surface area contributed by atoms with E-state index in [1.165, 1.54) is 0 Å². The summed E-state index contributed by atoms with van der Waals surface area (Å²) in [6.45, 7) is 2.57. The molecule has 5 nitrogen and oxygen atoms in total. The summed E-state index contributed by atoms with van der Waals surface area (Å²) in [6, 6.07) is 13.8. The van der Waals surface area contributed by atoms with Crippen LogP contribution in [0.15, 0.2) is 59.3 Å². The third-order valence-corrected chi connectivity index (χ3v) is 5.20. The van der Waals surface area contributed by atoms with Crippen LogP contribution in [-0.4, -0.2) is 47.8 Å². The van der Waals surface area contributed by atoms with Gasteiger partial charge in [-0.15, -0.1) is 0 Å². The number of aromatic hydroxyl groups is 1. The fourth-order valence-corrected chi connectivity index (χ4v) is 3.77. The lowest BCUT2D eigenvalue weighted by atomic mass is 9.91. The molecule has 0 spiro atoms. The SMILES string of the molecule is O=C1C(Cl)=C(N2CCN(c3ccc(O)cc3)CC2)C(=O)c2ccccc21. The molecule has 1 saturated heterocycles. The smallest absolute Gasteiger partial charge is 0.211 e. The number of fused-ring (bicyclic) bond motifs is 1. The summed E-state index contributed by atoms with van der Waals surface area (Å²) in [7, 11) is 0. The monoisotopic (exact) mass is 368 g/mol. The topological polar surface area (TPSA) is 60.9 Å². The number of benzene rings is 2. The van der Waals surface area contributed by atoms with E-state index in [0.29, 0.717) is 43.0 Å². The highest BCUT2D eigenvalue weighted by atomic mass is 35.5. The minimum Gasteiger partial charge on any atom is -0.508 e. The molecule has 4 rings (SSSR count). The highest BCUT2D eigenvalue weighted by Gasteiger charge is 2.35. The molecule has 0 bridgehead atoms. The van der Waals surface area contributed by atoms with E-state index in [9.17, 15) is 14.7 Å². The van der Waals surface area contributed by atoms with Crippen molar-refractivity contribution < 1.29 is 14.7 Å². The Morgan fingerprint density at radius 1 is 0.769 bits per heavy atom. The van der Waals surface area contributed by atoms with Crippen molar-refractivity contribution in [3.63, 3.8) is 0 Å². The number of hydrogen-bond acceptors (Lipinski definition) is 5. The lowest BCUT2D eigenvalue weighted by molar-refractivity contribution is 0.0945. The van der Waals surface area contributed by atoms with Gasteiger partial charge in [0.25, 0.3) is 0 Å². The van der Waals surface area contributed by atoms with Gasteiger partial charge in [-0.1, -0.05) is 35.9 Å². The van der Waals surface area contributed by atoms with E-state index >= 15 is 0 Å². The van der Waals surface area contributed by atoms with Crippen LogP contribution in [-0.2, 0) is 0 Å². The van der Waals surface area contributed by atoms with Crippen LogP contribution in [0.2, 0.25) is 0 Å². The molecular weight excluding hydrogens is 352 g/mol. The van der Waals surface area contributed by atoms with Crippen LogP contribution in [0.1, 0.15) is 20.7 Å². The normalized spacial score (nSPS) is 17.6. The first-order chi connectivity index (χ1) is 12.6. The molecule has 26 heavy (non-hydrogen) atoms. The number of allylic oxidation sites excluding steroid dienone is 2. The third-order valence-electron chi connectivity index (χ3n) is 4.85. The van der Waals surface area contributed by atoms with Gasteiger partial charge in [-0.05, 0) is 24.3 Å². The predicted molar refractivity (Wildman–Crippen MR) is 99.9 cm³/mol. The van der Waals surface area contributed by atoms with Gasteiger partial charge in [0.1, 0.15) is 16.5 Å². The summed E-state index contributed by atoms with van der Waals surface area (Å²) >= 11 is 6.29. The highest BCUT2D eigenvalue weighted by molar-refractivity contribution is 6.49. The maximum atomic E-state index is 12.9. The van der Waals surface area contributed by atoms with Gasteiger partial charge in [-0.25, -0.2) is 0 Å². The molecule has 0 atom stereocenters. The lowest BCUT2D eigenvalue weighted by Crippen LogP contribution is -2.48. The number of piperazine rings is 1. The molecule has 0 aromatic heterocycles. The van der Waals surface area contributed by atoms with Gasteiger partial charge in [0.05, 0.1) is 0 Å². The van der Waals surface area contributed by atoms with Crippen molar-refractivity contribution in [1.82, 2.24) is 4.90 Å². The summed E-state index contributed by atoms with van der Waals surface area (Å²) in [4.78, 5) is 29.5. The van der Waals surface area contributed by atoms with E-state index in [0.717, 1.165) is 5.69 Å². The maximum Gasteiger partial charge on any atom is 0.211 e. The molecule has 0 unspecified atom stereocenters. The molecule has 0 amide bonds. The Hall–Kier alpha value is -2.79. The Morgan fingerprint density at radius 3 is 1.92 bits per heavy atom. The van der Waals surface area contributed by atoms with Crippen LogP contribution in [0.25, 0.3) is 0 Å². The fourth-order valence-electron chi connectivity index (χ4n) is 3.47. The molecule has 132 valence electrons. The molecule has 2 aromatic rings. The Bertz CT molecular complexity index is 913. The van der Waals surface area contributed by atoms with Crippen molar-refractivity contribution in [2.75, 3.05) is 31.1 Å². The summed E-state index contributed by atoms with van der Waals surface area (Å²) < 4.78 is 0. The van der Waals surface area contributed by atoms with Crippen molar-refractivity contribution in [2.24, 2.45) is 0 Å². The first-order valence-electron chi connectivity index (χ1n) is 8.43. The number of ketones is 2. The zero-order chi connectivity index (χ0) is 18.3. The molecular formula is C20H17ClN2O3. The summed E-state index contributed by atoms with van der Waals surface area (Å²) in [5, 5.41) is 9.42. The van der Waals surface area contributed by atoms with Gasteiger partial charge in [-0.3, -0.25) is 9.59 Å². The second kappa shape index (κ2) is 6.50. The predicted octanol–water partition coefficient (Wildman–Crippen LogP) is 3.04. The molecule has 0 saturated carbocycles. The second-order valence-corrected chi connectivity index (χ2v) is 6.73. The molecule has 1 aliphatic carbocycles. The highest BCUT2D eigenvalue weighted by Crippen LogP contribution is 2.31. The minimum atomic E-state index is -0.294. The van der Waals surface area contributed by atoms with Crippen molar-refractivity contribution in [2.45, 2.75) is 0 Å². The van der Waals surface area contributed by atoms with E-state index in [2.05, 4.69) is 4.90 Å². The Kier molecular flexibility index (Phi) is 4.17. The summed E-state index contributed by atoms with van der Waals surface area (Å²) in [5.74, 6) is -0.254. The van der Waals surface area contributed by atoms with E-state index in [1.54, 1.807) is 36.4 Å². The number of rotatable bonds is 2. The minimum absolute atomic E-state index is 0.00628. The second-order valence-electron chi connectivity index (χ2n) is 6.36. The molecule has 0 radical (unpaired) electrons. The largest absolute Gasteiger partial charge is 0.508 e. The van der Waals surface area contributed by atoms with Crippen LogP contribution < -0.4 is 4.90 Å². The number of halogens is 1. The van der Waals surface area contributed by atoms with Crippen molar-refractivity contribution in [1.29, 1.82) is 0 Å². The van der Waals surface area contributed by atoms with E-state index < -0.39 is 0 Å². The first kappa shape index (κ1) is 16.7. The van der Waals surface area contributed by atoms with Gasteiger partial charge in [0, 0.05) is 43.0 Å². The van der Waals surface area contributed by atoms with Crippen LogP contribution in [0.5, 0.6) is 5.75 Å². The van der Waals surface area contributed by atoms with Gasteiger partial charge in [-0.2, -0.15) is 0 Å². The summed E-state index contributed by atoms with van der Waals surface area (Å²) in [5.41, 5.74) is 2.10. The average molecular weight is 369 g/mol. The quantitative estimate of drug-likeness (QED) is 0.882. The zero-order valence-corrected chi connectivity index (χ0v) is 14.7. The molecule has 2 aliphatic rings. The van der Waals surface area contributed by atoms with Gasteiger partial charge < -0.3 is 14.9 Å². The Labute approximate surface area is 156 Å². The molecule has 1 heterocycles. The molecule has 1 aliphatic heterocycles. The number of nitrogens with zero attached hydrogens (tertiary/aromatic N) is 2. The molecule has 1 N–H and O–H groups in total. The number of phenolic OH excluding ortho intramolecular Hbond substituents is 1. The number of anilines is 1. The molecule has 6 heteroatoms. The number of carbonyl (C=O) groups is 2.